The van der Waals surface area contributed by atoms with Gasteiger partial charge in [0.2, 0.25) is 0 Å². The zero-order valence-electron chi connectivity index (χ0n) is 10.0. The minimum Gasteiger partial charge on any atom is -0.496 e. The molecule has 1 aliphatic rings. The van der Waals surface area contributed by atoms with E-state index in [1.54, 1.807) is 0 Å². The van der Waals surface area contributed by atoms with E-state index < -0.39 is 0 Å². The van der Waals surface area contributed by atoms with Gasteiger partial charge in [0, 0.05) is 0 Å². The fraction of sp³-hybridized carbons (Fsp3) is 0.467. The summed E-state index contributed by atoms with van der Waals surface area (Å²) in [5.41, 5.74) is 4.10. The molecule has 1 nitrogen and oxygen atoms in total. The van der Waals surface area contributed by atoms with Crippen molar-refractivity contribution in [1.29, 1.82) is 0 Å². The quantitative estimate of drug-likeness (QED) is 0.657. The van der Waals surface area contributed by atoms with Crippen molar-refractivity contribution < 1.29 is 4.74 Å². The molecule has 1 aromatic rings. The first-order chi connectivity index (χ1) is 7.92. The summed E-state index contributed by atoms with van der Waals surface area (Å²) < 4.78 is 5.50. The van der Waals surface area contributed by atoms with E-state index >= 15 is 0 Å². The largest absolute Gasteiger partial charge is 0.496 e. The van der Waals surface area contributed by atoms with Crippen LogP contribution in [-0.2, 0) is 11.3 Å². The van der Waals surface area contributed by atoms with Gasteiger partial charge in [-0.2, -0.15) is 0 Å². The van der Waals surface area contributed by atoms with Gasteiger partial charge in [-0.3, -0.25) is 0 Å². The molecule has 0 fully saturated rings. The molecule has 16 heavy (non-hydrogen) atoms. The van der Waals surface area contributed by atoms with Crippen LogP contribution in [0, 0.1) is 0 Å². The normalized spacial score (nSPS) is 13.9. The van der Waals surface area contributed by atoms with E-state index in [1.165, 1.54) is 42.4 Å². The number of ether oxygens (including phenoxy) is 1. The Bertz CT molecular complexity index is 365. The fourth-order valence-corrected chi connectivity index (χ4v) is 2.19. The van der Waals surface area contributed by atoms with Gasteiger partial charge in [-0.15, -0.1) is 0 Å². The van der Waals surface area contributed by atoms with E-state index in [0.717, 1.165) is 13.0 Å². The summed E-state index contributed by atoms with van der Waals surface area (Å²) >= 11 is 0. The predicted octanol–water partition coefficient (Wildman–Crippen LogP) is 4.53. The lowest BCUT2D eigenvalue weighted by Gasteiger charge is -2.18. The van der Waals surface area contributed by atoms with Gasteiger partial charge < -0.3 is 4.74 Å². The Hall–Kier alpha value is -1.24. The highest BCUT2D eigenvalue weighted by atomic mass is 16.5. The first kappa shape index (κ1) is 11.3. The van der Waals surface area contributed by atoms with Crippen molar-refractivity contribution in [3.63, 3.8) is 0 Å². The Morgan fingerprint density at radius 3 is 2.88 bits per heavy atom. The molecule has 1 heterocycles. The number of rotatable bonds is 5. The van der Waals surface area contributed by atoms with Crippen LogP contribution in [0.15, 0.2) is 30.5 Å². The zero-order chi connectivity index (χ0) is 11.2. The predicted molar refractivity (Wildman–Crippen MR) is 68.0 cm³/mol. The summed E-state index contributed by atoms with van der Waals surface area (Å²) in [6.07, 6.45) is 8.35. The number of hydrogen-bond acceptors (Lipinski definition) is 1. The molecule has 0 amide bonds. The lowest BCUT2D eigenvalue weighted by molar-refractivity contribution is 0.232. The molecule has 1 heteroatoms. The summed E-state index contributed by atoms with van der Waals surface area (Å²) in [6, 6.07) is 8.57. The van der Waals surface area contributed by atoms with Crippen molar-refractivity contribution in [1.82, 2.24) is 0 Å². The van der Waals surface area contributed by atoms with Crippen LogP contribution in [0.25, 0.3) is 5.57 Å². The lowest BCUT2D eigenvalue weighted by atomic mass is 9.95. The lowest BCUT2D eigenvalue weighted by Crippen LogP contribution is -2.01. The van der Waals surface area contributed by atoms with Gasteiger partial charge in [-0.05, 0) is 29.5 Å². The standard InChI is InChI=1S/C15H20O/c1-2-3-4-5-8-13-11-16-12-14-9-6-7-10-15(13)14/h6-7,9-11H,2-5,8,12H2,1H3. The highest BCUT2D eigenvalue weighted by Gasteiger charge is 2.11. The second-order valence-electron chi connectivity index (χ2n) is 4.42. The second kappa shape index (κ2) is 5.74. The van der Waals surface area contributed by atoms with E-state index in [-0.39, 0.29) is 0 Å². The molecule has 0 aromatic heterocycles. The van der Waals surface area contributed by atoms with Crippen LogP contribution in [0.1, 0.15) is 50.2 Å². The van der Waals surface area contributed by atoms with E-state index in [0.29, 0.717) is 0 Å². The molecule has 0 spiro atoms. The van der Waals surface area contributed by atoms with Gasteiger partial charge in [0.1, 0.15) is 6.61 Å². The van der Waals surface area contributed by atoms with E-state index in [9.17, 15) is 0 Å². The van der Waals surface area contributed by atoms with Gasteiger partial charge in [0.25, 0.3) is 0 Å². The Kier molecular flexibility index (Phi) is 4.03. The Morgan fingerprint density at radius 2 is 2.00 bits per heavy atom. The van der Waals surface area contributed by atoms with Gasteiger partial charge in [0.05, 0.1) is 6.26 Å². The van der Waals surface area contributed by atoms with Gasteiger partial charge in [0.15, 0.2) is 0 Å². The average Bonchev–Trinajstić information content (AvgIpc) is 2.35. The van der Waals surface area contributed by atoms with Crippen LogP contribution in [0.5, 0.6) is 0 Å². The van der Waals surface area contributed by atoms with E-state index in [4.69, 9.17) is 4.74 Å². The van der Waals surface area contributed by atoms with E-state index in [1.807, 2.05) is 6.26 Å². The third kappa shape index (κ3) is 2.66. The third-order valence-electron chi connectivity index (χ3n) is 3.13. The molecule has 1 aromatic carbocycles. The molecule has 2 rings (SSSR count). The minimum atomic E-state index is 0.731. The smallest absolute Gasteiger partial charge is 0.113 e. The number of fused-ring (bicyclic) bond motifs is 1. The van der Waals surface area contributed by atoms with Crippen LogP contribution in [0.4, 0.5) is 0 Å². The van der Waals surface area contributed by atoms with Crippen LogP contribution in [0.2, 0.25) is 0 Å². The second-order valence-corrected chi connectivity index (χ2v) is 4.42. The Balaban J connectivity index is 1.97. The van der Waals surface area contributed by atoms with Crippen LogP contribution < -0.4 is 0 Å². The molecule has 0 unspecified atom stereocenters. The van der Waals surface area contributed by atoms with Gasteiger partial charge in [-0.25, -0.2) is 0 Å². The maximum atomic E-state index is 5.50. The Morgan fingerprint density at radius 1 is 1.12 bits per heavy atom. The summed E-state index contributed by atoms with van der Waals surface area (Å²) in [5, 5.41) is 0. The number of hydrogen-bond donors (Lipinski definition) is 0. The van der Waals surface area contributed by atoms with Crippen LogP contribution >= 0.6 is 0 Å². The molecule has 0 N–H and O–H groups in total. The van der Waals surface area contributed by atoms with Crippen molar-refractivity contribution in [2.24, 2.45) is 0 Å². The summed E-state index contributed by atoms with van der Waals surface area (Å²) in [7, 11) is 0. The monoisotopic (exact) mass is 216 g/mol. The maximum Gasteiger partial charge on any atom is 0.113 e. The van der Waals surface area contributed by atoms with E-state index in [2.05, 4.69) is 31.2 Å². The zero-order valence-corrected chi connectivity index (χ0v) is 10.0. The van der Waals surface area contributed by atoms with Crippen LogP contribution in [0.3, 0.4) is 0 Å². The highest BCUT2D eigenvalue weighted by Crippen LogP contribution is 2.28. The number of benzene rings is 1. The van der Waals surface area contributed by atoms with Gasteiger partial charge >= 0.3 is 0 Å². The Labute approximate surface area is 98.1 Å². The molecule has 0 bridgehead atoms. The molecule has 0 saturated heterocycles. The summed E-state index contributed by atoms with van der Waals surface area (Å²) in [5.74, 6) is 0. The molecular formula is C15H20O. The van der Waals surface area contributed by atoms with Gasteiger partial charge in [-0.1, -0.05) is 50.5 Å². The summed E-state index contributed by atoms with van der Waals surface area (Å²) in [4.78, 5) is 0. The van der Waals surface area contributed by atoms with Crippen molar-refractivity contribution in [2.75, 3.05) is 0 Å². The van der Waals surface area contributed by atoms with Crippen LogP contribution in [-0.4, -0.2) is 0 Å². The number of allylic oxidation sites excluding steroid dienone is 1. The first-order valence-electron chi connectivity index (χ1n) is 6.30. The minimum absolute atomic E-state index is 0.731. The molecule has 0 saturated carbocycles. The molecule has 86 valence electrons. The molecular weight excluding hydrogens is 196 g/mol. The maximum absolute atomic E-state index is 5.50. The SMILES string of the molecule is CCCCCCC1=COCc2ccccc21. The average molecular weight is 216 g/mol. The summed E-state index contributed by atoms with van der Waals surface area (Å²) in [6.45, 7) is 2.98. The molecule has 0 atom stereocenters. The third-order valence-corrected chi connectivity index (χ3v) is 3.13. The number of unbranched alkanes of at least 4 members (excludes halogenated alkanes) is 3. The highest BCUT2D eigenvalue weighted by molar-refractivity contribution is 5.68. The van der Waals surface area contributed by atoms with Crippen molar-refractivity contribution in [2.45, 2.75) is 45.6 Å². The molecule has 0 radical (unpaired) electrons. The first-order valence-corrected chi connectivity index (χ1v) is 6.30. The fourth-order valence-electron chi connectivity index (χ4n) is 2.19. The molecule has 1 aliphatic heterocycles. The van der Waals surface area contributed by atoms with Crippen molar-refractivity contribution in [3.8, 4) is 0 Å². The molecule has 0 aliphatic carbocycles. The topological polar surface area (TPSA) is 9.23 Å². The van der Waals surface area contributed by atoms with Crippen molar-refractivity contribution >= 4 is 5.57 Å². The van der Waals surface area contributed by atoms with Crippen molar-refractivity contribution in [3.05, 3.63) is 41.7 Å².